The van der Waals surface area contributed by atoms with E-state index in [1.54, 1.807) is 0 Å². The first-order chi connectivity index (χ1) is 8.01. The van der Waals surface area contributed by atoms with Crippen LogP contribution in [0.15, 0.2) is 0 Å². The van der Waals surface area contributed by atoms with Crippen molar-refractivity contribution in [3.63, 3.8) is 0 Å². The fraction of sp³-hybridized carbons (Fsp3) is 0.786. The molecule has 2 N–H and O–H groups in total. The lowest BCUT2D eigenvalue weighted by molar-refractivity contribution is 0.378. The molecule has 0 aliphatic carbocycles. The number of aromatic nitrogens is 2. The Bertz CT molecular complexity index is 351. The van der Waals surface area contributed by atoms with Crippen molar-refractivity contribution in [1.82, 2.24) is 9.78 Å². The number of rotatable bonds is 6. The van der Waals surface area contributed by atoms with Gasteiger partial charge in [0.15, 0.2) is 0 Å². The highest BCUT2D eigenvalue weighted by Crippen LogP contribution is 2.19. The largest absolute Gasteiger partial charge is 0.327 e. The van der Waals surface area contributed by atoms with Gasteiger partial charge in [-0.25, -0.2) is 0 Å². The van der Waals surface area contributed by atoms with Crippen molar-refractivity contribution >= 4 is 0 Å². The van der Waals surface area contributed by atoms with Gasteiger partial charge in [0.25, 0.3) is 0 Å². The van der Waals surface area contributed by atoms with Crippen LogP contribution in [-0.4, -0.2) is 15.8 Å². The molecule has 0 radical (unpaired) electrons. The average Bonchev–Trinajstić information content (AvgIpc) is 2.53. The highest BCUT2D eigenvalue weighted by Gasteiger charge is 2.16. The molecule has 0 aliphatic heterocycles. The molecule has 17 heavy (non-hydrogen) atoms. The predicted molar refractivity (Wildman–Crippen MR) is 73.1 cm³/mol. The van der Waals surface area contributed by atoms with Crippen molar-refractivity contribution in [2.45, 2.75) is 59.4 Å². The van der Waals surface area contributed by atoms with E-state index in [1.807, 2.05) is 11.7 Å². The van der Waals surface area contributed by atoms with Gasteiger partial charge in [-0.3, -0.25) is 4.68 Å². The van der Waals surface area contributed by atoms with Gasteiger partial charge in [-0.05, 0) is 38.2 Å². The molecule has 1 heterocycles. The Morgan fingerprint density at radius 2 is 1.82 bits per heavy atom. The molecule has 1 rings (SSSR count). The monoisotopic (exact) mass is 237 g/mol. The van der Waals surface area contributed by atoms with Gasteiger partial charge in [-0.1, -0.05) is 26.7 Å². The summed E-state index contributed by atoms with van der Waals surface area (Å²) >= 11 is 0. The summed E-state index contributed by atoms with van der Waals surface area (Å²) < 4.78 is 1.97. The third-order valence-corrected chi connectivity index (χ3v) is 4.04. The normalized spacial score (nSPS) is 13.4. The van der Waals surface area contributed by atoms with Crippen LogP contribution in [0.1, 0.15) is 50.1 Å². The molecule has 3 heteroatoms. The minimum absolute atomic E-state index is 0.323. The zero-order valence-electron chi connectivity index (χ0n) is 12.0. The molecule has 0 saturated carbocycles. The summed E-state index contributed by atoms with van der Waals surface area (Å²) in [5.74, 6) is 0.660. The predicted octanol–water partition coefficient (Wildman–Crippen LogP) is 2.73. The van der Waals surface area contributed by atoms with Gasteiger partial charge in [-0.15, -0.1) is 0 Å². The molecule has 0 spiro atoms. The molecule has 98 valence electrons. The first kappa shape index (κ1) is 14.2. The van der Waals surface area contributed by atoms with Crippen LogP contribution in [0.25, 0.3) is 0 Å². The summed E-state index contributed by atoms with van der Waals surface area (Å²) in [4.78, 5) is 0. The number of nitrogens with two attached hydrogens (primary N) is 1. The Kier molecular flexibility index (Phi) is 5.19. The summed E-state index contributed by atoms with van der Waals surface area (Å²) in [6, 6.07) is 0.323. The molecule has 0 amide bonds. The fourth-order valence-corrected chi connectivity index (χ4v) is 2.62. The Balaban J connectivity index is 2.61. The third-order valence-electron chi connectivity index (χ3n) is 4.04. The maximum absolute atomic E-state index is 6.27. The molecular formula is C14H27N3. The van der Waals surface area contributed by atoms with Crippen LogP contribution < -0.4 is 5.73 Å². The van der Waals surface area contributed by atoms with E-state index >= 15 is 0 Å². The average molecular weight is 237 g/mol. The quantitative estimate of drug-likeness (QED) is 0.826. The first-order valence-corrected chi connectivity index (χ1v) is 6.75. The summed E-state index contributed by atoms with van der Waals surface area (Å²) in [7, 11) is 2.01. The molecule has 0 aliphatic rings. The van der Waals surface area contributed by atoms with Crippen molar-refractivity contribution in [3.8, 4) is 0 Å². The molecule has 1 atom stereocenters. The van der Waals surface area contributed by atoms with Gasteiger partial charge in [0.05, 0.1) is 5.69 Å². The van der Waals surface area contributed by atoms with Gasteiger partial charge in [0.2, 0.25) is 0 Å². The molecular weight excluding hydrogens is 210 g/mol. The van der Waals surface area contributed by atoms with Crippen molar-refractivity contribution in [2.75, 3.05) is 0 Å². The Morgan fingerprint density at radius 1 is 1.24 bits per heavy atom. The molecule has 1 aromatic rings. The van der Waals surface area contributed by atoms with Crippen molar-refractivity contribution in [1.29, 1.82) is 0 Å². The highest BCUT2D eigenvalue weighted by molar-refractivity contribution is 5.24. The zero-order chi connectivity index (χ0) is 13.0. The van der Waals surface area contributed by atoms with E-state index in [-0.39, 0.29) is 0 Å². The van der Waals surface area contributed by atoms with Gasteiger partial charge in [0, 0.05) is 18.8 Å². The lowest BCUT2D eigenvalue weighted by atomic mass is 9.90. The topological polar surface area (TPSA) is 43.8 Å². The van der Waals surface area contributed by atoms with E-state index in [0.717, 1.165) is 18.5 Å². The molecule has 0 aromatic carbocycles. The Hall–Kier alpha value is -0.830. The summed E-state index contributed by atoms with van der Waals surface area (Å²) in [5, 5.41) is 4.45. The van der Waals surface area contributed by atoms with E-state index in [1.165, 1.54) is 24.1 Å². The van der Waals surface area contributed by atoms with Gasteiger partial charge in [-0.2, -0.15) is 5.10 Å². The van der Waals surface area contributed by atoms with Gasteiger partial charge in [0.1, 0.15) is 0 Å². The molecule has 1 unspecified atom stereocenters. The van der Waals surface area contributed by atoms with E-state index in [4.69, 9.17) is 5.73 Å². The fourth-order valence-electron chi connectivity index (χ4n) is 2.62. The standard InChI is InChI=1S/C14H27N3/c1-6-12(7-2)14(15)9-8-13-10(3)16-17(5)11(13)4/h12,14H,6-9,15H2,1-5H3. The lowest BCUT2D eigenvalue weighted by Gasteiger charge is -2.21. The molecule has 1 aromatic heterocycles. The number of hydrogen-bond acceptors (Lipinski definition) is 2. The van der Waals surface area contributed by atoms with E-state index in [2.05, 4.69) is 32.8 Å². The number of aryl methyl sites for hydroxylation is 2. The SMILES string of the molecule is CCC(CC)C(N)CCc1c(C)nn(C)c1C. The van der Waals surface area contributed by atoms with Crippen LogP contribution in [0.2, 0.25) is 0 Å². The van der Waals surface area contributed by atoms with E-state index in [9.17, 15) is 0 Å². The molecule has 3 nitrogen and oxygen atoms in total. The second-order valence-electron chi connectivity index (χ2n) is 5.05. The van der Waals surface area contributed by atoms with Gasteiger partial charge >= 0.3 is 0 Å². The number of nitrogens with zero attached hydrogens (tertiary/aromatic N) is 2. The summed E-state index contributed by atoms with van der Waals surface area (Å²) in [6.45, 7) is 8.69. The third kappa shape index (κ3) is 3.32. The van der Waals surface area contributed by atoms with Crippen LogP contribution in [0, 0.1) is 19.8 Å². The molecule has 0 saturated heterocycles. The van der Waals surface area contributed by atoms with E-state index < -0.39 is 0 Å². The smallest absolute Gasteiger partial charge is 0.0628 e. The minimum Gasteiger partial charge on any atom is -0.327 e. The van der Waals surface area contributed by atoms with E-state index in [0.29, 0.717) is 12.0 Å². The maximum atomic E-state index is 6.27. The first-order valence-electron chi connectivity index (χ1n) is 6.75. The second-order valence-corrected chi connectivity index (χ2v) is 5.05. The van der Waals surface area contributed by atoms with Crippen molar-refractivity contribution in [2.24, 2.45) is 18.7 Å². The lowest BCUT2D eigenvalue weighted by Crippen LogP contribution is -2.30. The summed E-state index contributed by atoms with van der Waals surface area (Å²) in [5.41, 5.74) is 10.1. The van der Waals surface area contributed by atoms with Crippen molar-refractivity contribution < 1.29 is 0 Å². The van der Waals surface area contributed by atoms with Crippen LogP contribution in [-0.2, 0) is 13.5 Å². The minimum atomic E-state index is 0.323. The Morgan fingerprint density at radius 3 is 2.24 bits per heavy atom. The maximum Gasteiger partial charge on any atom is 0.0628 e. The second kappa shape index (κ2) is 6.20. The highest BCUT2D eigenvalue weighted by atomic mass is 15.3. The van der Waals surface area contributed by atoms with Gasteiger partial charge < -0.3 is 5.73 Å². The van der Waals surface area contributed by atoms with Crippen LogP contribution in [0.4, 0.5) is 0 Å². The molecule has 0 fully saturated rings. The molecule has 0 bridgehead atoms. The Labute approximate surface area is 105 Å². The van der Waals surface area contributed by atoms with Crippen LogP contribution in [0.3, 0.4) is 0 Å². The number of hydrogen-bond donors (Lipinski definition) is 1. The summed E-state index contributed by atoms with van der Waals surface area (Å²) in [6.07, 6.45) is 4.49. The van der Waals surface area contributed by atoms with Crippen LogP contribution in [0.5, 0.6) is 0 Å². The van der Waals surface area contributed by atoms with Crippen molar-refractivity contribution in [3.05, 3.63) is 17.0 Å². The zero-order valence-corrected chi connectivity index (χ0v) is 12.0. The van der Waals surface area contributed by atoms with Crippen LogP contribution >= 0.6 is 0 Å².